The Labute approximate surface area is 117 Å². The fourth-order valence-electron chi connectivity index (χ4n) is 1.46. The highest BCUT2D eigenvalue weighted by atomic mass is 79.9. The van der Waals surface area contributed by atoms with Crippen LogP contribution in [0.4, 0.5) is 0 Å². The molecule has 0 aliphatic carbocycles. The molecule has 9 heteroatoms. The van der Waals surface area contributed by atoms with E-state index in [-0.39, 0.29) is 6.54 Å². The van der Waals surface area contributed by atoms with E-state index >= 15 is 0 Å². The number of aromatic amines is 1. The quantitative estimate of drug-likeness (QED) is 0.910. The second kappa shape index (κ2) is 5.08. The van der Waals surface area contributed by atoms with Gasteiger partial charge in [0.05, 0.1) is 15.2 Å². The zero-order valence-corrected chi connectivity index (χ0v) is 12.9. The molecule has 0 fully saturated rings. The van der Waals surface area contributed by atoms with Crippen molar-refractivity contribution in [2.24, 2.45) is 0 Å². The number of sulfonamides is 1. The molecule has 2 heterocycles. The SMILES string of the molecule is Cc1sc(Br)cc1S(=O)(=O)N(C)Cc1ncn[nH]1. The predicted octanol–water partition coefficient (Wildman–Crippen LogP) is 1.76. The number of nitrogens with one attached hydrogen (secondary N) is 1. The minimum Gasteiger partial charge on any atom is -0.262 e. The van der Waals surface area contributed by atoms with Gasteiger partial charge in [-0.2, -0.15) is 9.40 Å². The summed E-state index contributed by atoms with van der Waals surface area (Å²) in [6, 6.07) is 1.62. The molecule has 0 aliphatic rings. The molecule has 0 atom stereocenters. The summed E-state index contributed by atoms with van der Waals surface area (Å²) in [5, 5.41) is 6.33. The van der Waals surface area contributed by atoms with Crippen LogP contribution in [0.15, 0.2) is 21.1 Å². The van der Waals surface area contributed by atoms with Crippen molar-refractivity contribution in [3.63, 3.8) is 0 Å². The van der Waals surface area contributed by atoms with Gasteiger partial charge < -0.3 is 0 Å². The average Bonchev–Trinajstić information content (AvgIpc) is 2.88. The number of thiophene rings is 1. The first kappa shape index (κ1) is 13.7. The molecule has 2 aromatic heterocycles. The Morgan fingerprint density at radius 2 is 2.28 bits per heavy atom. The van der Waals surface area contributed by atoms with Crippen LogP contribution >= 0.6 is 27.3 Å². The summed E-state index contributed by atoms with van der Waals surface area (Å²) in [6.07, 6.45) is 1.35. The van der Waals surface area contributed by atoms with Crippen molar-refractivity contribution < 1.29 is 8.42 Å². The van der Waals surface area contributed by atoms with Crippen LogP contribution in [-0.4, -0.2) is 35.0 Å². The van der Waals surface area contributed by atoms with Crippen molar-refractivity contribution >= 4 is 37.3 Å². The van der Waals surface area contributed by atoms with Crippen LogP contribution in [-0.2, 0) is 16.6 Å². The summed E-state index contributed by atoms with van der Waals surface area (Å²) in [5.74, 6) is 0.507. The molecule has 0 amide bonds. The van der Waals surface area contributed by atoms with E-state index in [2.05, 4.69) is 31.1 Å². The Bertz CT molecular complexity index is 636. The maximum Gasteiger partial charge on any atom is 0.244 e. The van der Waals surface area contributed by atoms with Crippen molar-refractivity contribution in [2.45, 2.75) is 18.4 Å². The fraction of sp³-hybridized carbons (Fsp3) is 0.333. The number of aromatic nitrogens is 3. The van der Waals surface area contributed by atoms with E-state index in [4.69, 9.17) is 0 Å². The maximum atomic E-state index is 12.3. The molecule has 18 heavy (non-hydrogen) atoms. The smallest absolute Gasteiger partial charge is 0.244 e. The Hall–Kier alpha value is -0.770. The van der Waals surface area contributed by atoms with Crippen LogP contribution in [0.25, 0.3) is 0 Å². The van der Waals surface area contributed by atoms with Gasteiger partial charge in [0.15, 0.2) is 0 Å². The van der Waals surface area contributed by atoms with E-state index < -0.39 is 10.0 Å². The molecule has 0 aromatic carbocycles. The molecular formula is C9H11BrN4O2S2. The number of halogens is 1. The Kier molecular flexibility index (Phi) is 3.85. The largest absolute Gasteiger partial charge is 0.262 e. The van der Waals surface area contributed by atoms with Gasteiger partial charge in [-0.3, -0.25) is 5.10 Å². The Morgan fingerprint density at radius 1 is 1.56 bits per heavy atom. The highest BCUT2D eigenvalue weighted by Crippen LogP contribution is 2.31. The Morgan fingerprint density at radius 3 is 2.78 bits per heavy atom. The van der Waals surface area contributed by atoms with Crippen molar-refractivity contribution in [1.29, 1.82) is 0 Å². The van der Waals surface area contributed by atoms with Gasteiger partial charge in [-0.05, 0) is 28.9 Å². The number of rotatable bonds is 4. The van der Waals surface area contributed by atoms with Crippen LogP contribution in [0.1, 0.15) is 10.7 Å². The van der Waals surface area contributed by atoms with E-state index in [1.807, 2.05) is 0 Å². The first-order valence-electron chi connectivity index (χ1n) is 4.98. The zero-order chi connectivity index (χ0) is 13.3. The average molecular weight is 351 g/mol. The highest BCUT2D eigenvalue weighted by Gasteiger charge is 2.25. The second-order valence-electron chi connectivity index (χ2n) is 3.66. The first-order chi connectivity index (χ1) is 8.41. The van der Waals surface area contributed by atoms with Crippen LogP contribution in [0.5, 0.6) is 0 Å². The molecule has 0 radical (unpaired) electrons. The lowest BCUT2D eigenvalue weighted by Gasteiger charge is -2.15. The molecule has 2 aromatic rings. The summed E-state index contributed by atoms with van der Waals surface area (Å²) in [7, 11) is -1.98. The third kappa shape index (κ3) is 2.63. The van der Waals surface area contributed by atoms with Crippen molar-refractivity contribution in [1.82, 2.24) is 19.5 Å². The summed E-state index contributed by atoms with van der Waals surface area (Å²) in [6.45, 7) is 1.94. The molecule has 1 N–H and O–H groups in total. The van der Waals surface area contributed by atoms with Gasteiger partial charge in [0.1, 0.15) is 12.2 Å². The number of aryl methyl sites for hydroxylation is 1. The van der Waals surface area contributed by atoms with Gasteiger partial charge in [0.2, 0.25) is 10.0 Å². The normalized spacial score (nSPS) is 12.2. The van der Waals surface area contributed by atoms with Crippen LogP contribution in [0.3, 0.4) is 0 Å². The summed E-state index contributed by atoms with van der Waals surface area (Å²) >= 11 is 4.69. The maximum absolute atomic E-state index is 12.3. The van der Waals surface area contributed by atoms with Crippen LogP contribution < -0.4 is 0 Å². The molecule has 0 saturated carbocycles. The van der Waals surface area contributed by atoms with Gasteiger partial charge in [-0.25, -0.2) is 13.4 Å². The number of nitrogens with zero attached hydrogens (tertiary/aromatic N) is 3. The van der Waals surface area contributed by atoms with Gasteiger partial charge in [-0.15, -0.1) is 11.3 Å². The fourth-order valence-corrected chi connectivity index (χ4v) is 4.97. The molecule has 0 spiro atoms. The molecular weight excluding hydrogens is 340 g/mol. The van der Waals surface area contributed by atoms with Crippen LogP contribution in [0, 0.1) is 6.92 Å². The summed E-state index contributed by atoms with van der Waals surface area (Å²) in [5.41, 5.74) is 0. The topological polar surface area (TPSA) is 79.0 Å². The number of H-pyrrole nitrogens is 1. The minimum absolute atomic E-state index is 0.162. The lowest BCUT2D eigenvalue weighted by Crippen LogP contribution is -2.27. The first-order valence-corrected chi connectivity index (χ1v) is 8.02. The molecule has 0 saturated heterocycles. The zero-order valence-electron chi connectivity index (χ0n) is 9.71. The molecule has 0 bridgehead atoms. The molecule has 0 unspecified atom stereocenters. The van der Waals surface area contributed by atoms with Crippen molar-refractivity contribution in [3.05, 3.63) is 26.9 Å². The van der Waals surface area contributed by atoms with Gasteiger partial charge >= 0.3 is 0 Å². The number of hydrogen-bond acceptors (Lipinski definition) is 5. The highest BCUT2D eigenvalue weighted by molar-refractivity contribution is 9.11. The third-order valence-corrected chi connectivity index (χ3v) is 5.98. The standard InChI is InChI=1S/C9H11BrN4O2S2/c1-6-7(3-8(10)17-6)18(15,16)14(2)4-9-11-5-12-13-9/h3,5H,4H2,1-2H3,(H,11,12,13). The minimum atomic E-state index is -3.50. The van der Waals surface area contributed by atoms with Gasteiger partial charge in [0, 0.05) is 11.9 Å². The van der Waals surface area contributed by atoms with Gasteiger partial charge in [0.25, 0.3) is 0 Å². The predicted molar refractivity (Wildman–Crippen MR) is 71.8 cm³/mol. The second-order valence-corrected chi connectivity index (χ2v) is 8.31. The van der Waals surface area contributed by atoms with E-state index in [1.165, 1.54) is 29.0 Å². The summed E-state index contributed by atoms with van der Waals surface area (Å²) in [4.78, 5) is 4.99. The van der Waals surface area contributed by atoms with E-state index in [0.717, 1.165) is 8.66 Å². The van der Waals surface area contributed by atoms with Crippen molar-refractivity contribution in [2.75, 3.05) is 7.05 Å². The summed E-state index contributed by atoms with van der Waals surface area (Å²) < 4.78 is 26.7. The molecule has 98 valence electrons. The monoisotopic (exact) mass is 350 g/mol. The molecule has 6 nitrogen and oxygen atoms in total. The third-order valence-electron chi connectivity index (χ3n) is 2.37. The molecule has 2 rings (SSSR count). The van der Waals surface area contributed by atoms with E-state index in [1.54, 1.807) is 13.0 Å². The number of hydrogen-bond donors (Lipinski definition) is 1. The van der Waals surface area contributed by atoms with Gasteiger partial charge in [-0.1, -0.05) is 0 Å². The van der Waals surface area contributed by atoms with Crippen molar-refractivity contribution in [3.8, 4) is 0 Å². The molecule has 0 aliphatic heterocycles. The Balaban J connectivity index is 2.28. The van der Waals surface area contributed by atoms with Crippen LogP contribution in [0.2, 0.25) is 0 Å². The van der Waals surface area contributed by atoms with E-state index in [0.29, 0.717) is 10.7 Å². The lowest BCUT2D eigenvalue weighted by atomic mass is 10.5. The lowest BCUT2D eigenvalue weighted by molar-refractivity contribution is 0.457. The van der Waals surface area contributed by atoms with E-state index in [9.17, 15) is 8.42 Å².